The van der Waals surface area contributed by atoms with Gasteiger partial charge in [-0.1, -0.05) is 36.4 Å². The Balaban J connectivity index is 1.61. The number of carbonyl (C=O) groups is 2. The first-order chi connectivity index (χ1) is 17.3. The molecule has 9 nitrogen and oxygen atoms in total. The number of carbonyl (C=O) groups excluding carboxylic acids is 2. The zero-order chi connectivity index (χ0) is 25.7. The summed E-state index contributed by atoms with van der Waals surface area (Å²) in [6, 6.07) is 15.7. The molecule has 0 aliphatic carbocycles. The molecular weight excluding hydrogens is 487 g/mol. The van der Waals surface area contributed by atoms with Gasteiger partial charge in [0.2, 0.25) is 15.9 Å². The van der Waals surface area contributed by atoms with Gasteiger partial charge in [0, 0.05) is 44.4 Å². The highest BCUT2D eigenvalue weighted by Gasteiger charge is 2.41. The largest absolute Gasteiger partial charge is 0.383 e. The minimum atomic E-state index is -4.08. The van der Waals surface area contributed by atoms with Gasteiger partial charge in [-0.25, -0.2) is 17.6 Å². The number of piperazine rings is 1. The average Bonchev–Trinajstić information content (AvgIpc) is 2.89. The Kier molecular flexibility index (Phi) is 7.82. The summed E-state index contributed by atoms with van der Waals surface area (Å²) < 4.78 is 47.0. The molecule has 1 aliphatic rings. The van der Waals surface area contributed by atoms with E-state index in [-0.39, 0.29) is 37.7 Å². The van der Waals surface area contributed by atoms with E-state index in [1.54, 1.807) is 18.2 Å². The molecule has 0 saturated carbocycles. The Hall–Kier alpha value is -3.54. The van der Waals surface area contributed by atoms with Crippen LogP contribution in [0.3, 0.4) is 0 Å². The summed E-state index contributed by atoms with van der Waals surface area (Å²) in [5.74, 6) is -0.969. The van der Waals surface area contributed by atoms with Crippen LogP contribution in [0, 0.1) is 5.82 Å². The van der Waals surface area contributed by atoms with Crippen LogP contribution in [0.15, 0.2) is 71.6 Å². The van der Waals surface area contributed by atoms with Crippen molar-refractivity contribution in [3.63, 3.8) is 0 Å². The topological polar surface area (TPSA) is 108 Å². The van der Waals surface area contributed by atoms with Crippen LogP contribution in [0.1, 0.15) is 0 Å². The van der Waals surface area contributed by atoms with Gasteiger partial charge in [-0.3, -0.25) is 4.79 Å². The first-order valence-electron chi connectivity index (χ1n) is 11.4. The fraction of sp³-hybridized carbons (Fsp3) is 0.280. The number of rotatable bonds is 7. The molecular formula is C25H27FN4O5S. The molecule has 190 valence electrons. The molecule has 3 aromatic rings. The van der Waals surface area contributed by atoms with Crippen LogP contribution < -0.4 is 10.6 Å². The van der Waals surface area contributed by atoms with Crippen molar-refractivity contribution in [1.82, 2.24) is 14.5 Å². The number of sulfonamides is 1. The number of fused-ring (bicyclic) bond motifs is 1. The minimum absolute atomic E-state index is 0.0683. The van der Waals surface area contributed by atoms with Gasteiger partial charge in [0.1, 0.15) is 11.9 Å². The summed E-state index contributed by atoms with van der Waals surface area (Å²) in [6.45, 7) is 0.276. The van der Waals surface area contributed by atoms with Gasteiger partial charge in [0.05, 0.1) is 11.5 Å². The number of urea groups is 1. The van der Waals surface area contributed by atoms with E-state index in [4.69, 9.17) is 4.74 Å². The van der Waals surface area contributed by atoms with E-state index in [1.165, 1.54) is 42.3 Å². The molecule has 1 unspecified atom stereocenters. The van der Waals surface area contributed by atoms with Crippen LogP contribution in [0.25, 0.3) is 10.8 Å². The maximum absolute atomic E-state index is 13.8. The summed E-state index contributed by atoms with van der Waals surface area (Å²) in [5.41, 5.74) is 0.383. The summed E-state index contributed by atoms with van der Waals surface area (Å²) in [7, 11) is -2.59. The van der Waals surface area contributed by atoms with E-state index in [9.17, 15) is 22.4 Å². The summed E-state index contributed by atoms with van der Waals surface area (Å²) in [5, 5.41) is 6.66. The molecule has 11 heteroatoms. The summed E-state index contributed by atoms with van der Waals surface area (Å²) in [6.07, 6.45) is 0. The van der Waals surface area contributed by atoms with Crippen LogP contribution in [0.2, 0.25) is 0 Å². The molecule has 3 aromatic carbocycles. The third-order valence-electron chi connectivity index (χ3n) is 5.96. The standard InChI is InChI=1S/C25H27FN4O5S/c1-35-16-13-27-24(31)22-17-29(25(32)28-20-11-9-19(26)10-12-20)14-15-30(22)36(33,34)23-8-4-6-18-5-2-3-7-21(18)23/h2-12,22H,13-17H2,1H3,(H,27,31)(H,28,32). The number of anilines is 1. The number of methoxy groups -OCH3 is 1. The molecule has 1 aliphatic heterocycles. The average molecular weight is 515 g/mol. The molecule has 36 heavy (non-hydrogen) atoms. The second kappa shape index (κ2) is 11.0. The molecule has 0 bridgehead atoms. The smallest absolute Gasteiger partial charge is 0.321 e. The van der Waals surface area contributed by atoms with Crippen molar-refractivity contribution in [2.24, 2.45) is 0 Å². The van der Waals surface area contributed by atoms with Crippen molar-refractivity contribution in [3.05, 3.63) is 72.5 Å². The van der Waals surface area contributed by atoms with Crippen LogP contribution in [-0.4, -0.2) is 75.5 Å². The van der Waals surface area contributed by atoms with E-state index in [1.807, 2.05) is 18.2 Å². The normalized spacial score (nSPS) is 16.6. The molecule has 0 spiro atoms. The van der Waals surface area contributed by atoms with Crippen molar-refractivity contribution >= 4 is 38.4 Å². The Bertz CT molecular complexity index is 1340. The second-order valence-corrected chi connectivity index (χ2v) is 10.1. The molecule has 0 radical (unpaired) electrons. The number of hydrogen-bond acceptors (Lipinski definition) is 5. The van der Waals surface area contributed by atoms with Crippen LogP contribution >= 0.6 is 0 Å². The summed E-state index contributed by atoms with van der Waals surface area (Å²) >= 11 is 0. The minimum Gasteiger partial charge on any atom is -0.383 e. The third kappa shape index (κ3) is 5.48. The SMILES string of the molecule is COCCNC(=O)C1CN(C(=O)Nc2ccc(F)cc2)CCN1S(=O)(=O)c1cccc2ccccc12. The van der Waals surface area contributed by atoms with Gasteiger partial charge in [-0.15, -0.1) is 0 Å². The zero-order valence-corrected chi connectivity index (χ0v) is 20.5. The van der Waals surface area contributed by atoms with E-state index >= 15 is 0 Å². The van der Waals surface area contributed by atoms with Gasteiger partial charge >= 0.3 is 6.03 Å². The zero-order valence-electron chi connectivity index (χ0n) is 19.7. The fourth-order valence-corrected chi connectivity index (χ4v) is 5.92. The molecule has 1 fully saturated rings. The number of amides is 3. The van der Waals surface area contributed by atoms with Crippen molar-refractivity contribution in [2.75, 3.05) is 45.2 Å². The maximum Gasteiger partial charge on any atom is 0.321 e. The van der Waals surface area contributed by atoms with Crippen molar-refractivity contribution in [3.8, 4) is 0 Å². The van der Waals surface area contributed by atoms with E-state index < -0.39 is 33.8 Å². The summed E-state index contributed by atoms with van der Waals surface area (Å²) in [4.78, 5) is 27.5. The van der Waals surface area contributed by atoms with Crippen LogP contribution in [0.4, 0.5) is 14.9 Å². The molecule has 4 rings (SSSR count). The highest BCUT2D eigenvalue weighted by atomic mass is 32.2. The number of hydrogen-bond donors (Lipinski definition) is 2. The lowest BCUT2D eigenvalue weighted by Crippen LogP contribution is -2.62. The molecule has 1 atom stereocenters. The van der Waals surface area contributed by atoms with Gasteiger partial charge < -0.3 is 20.3 Å². The highest BCUT2D eigenvalue weighted by molar-refractivity contribution is 7.89. The Morgan fingerprint density at radius 1 is 1.03 bits per heavy atom. The van der Waals surface area contributed by atoms with E-state index in [0.717, 1.165) is 9.69 Å². The Morgan fingerprint density at radius 3 is 2.50 bits per heavy atom. The van der Waals surface area contributed by atoms with Crippen molar-refractivity contribution < 1.29 is 27.1 Å². The van der Waals surface area contributed by atoms with Crippen LogP contribution in [0.5, 0.6) is 0 Å². The van der Waals surface area contributed by atoms with Crippen LogP contribution in [-0.2, 0) is 19.6 Å². The quantitative estimate of drug-likeness (QED) is 0.472. The molecule has 1 heterocycles. The molecule has 3 amide bonds. The fourth-order valence-electron chi connectivity index (χ4n) is 4.13. The highest BCUT2D eigenvalue weighted by Crippen LogP contribution is 2.28. The maximum atomic E-state index is 13.8. The van der Waals surface area contributed by atoms with E-state index in [0.29, 0.717) is 11.1 Å². The van der Waals surface area contributed by atoms with Gasteiger partial charge in [-0.2, -0.15) is 4.31 Å². The molecule has 0 aromatic heterocycles. The lowest BCUT2D eigenvalue weighted by atomic mass is 10.1. The third-order valence-corrected chi connectivity index (χ3v) is 7.92. The lowest BCUT2D eigenvalue weighted by molar-refractivity contribution is -0.126. The van der Waals surface area contributed by atoms with Gasteiger partial charge in [0.25, 0.3) is 0 Å². The molecule has 1 saturated heterocycles. The number of ether oxygens (including phenoxy) is 1. The Morgan fingerprint density at radius 2 is 1.75 bits per heavy atom. The Labute approximate surface area is 208 Å². The first kappa shape index (κ1) is 25.5. The van der Waals surface area contributed by atoms with Crippen molar-refractivity contribution in [1.29, 1.82) is 0 Å². The second-order valence-electron chi connectivity index (χ2n) is 8.28. The van der Waals surface area contributed by atoms with Gasteiger partial charge in [-0.05, 0) is 35.7 Å². The first-order valence-corrected chi connectivity index (χ1v) is 12.8. The number of nitrogens with zero attached hydrogens (tertiary/aromatic N) is 2. The predicted molar refractivity (Wildman–Crippen MR) is 134 cm³/mol. The number of benzene rings is 3. The number of nitrogens with one attached hydrogen (secondary N) is 2. The number of halogens is 1. The molecule has 2 N–H and O–H groups in total. The van der Waals surface area contributed by atoms with E-state index in [2.05, 4.69) is 10.6 Å². The van der Waals surface area contributed by atoms with Gasteiger partial charge in [0.15, 0.2) is 0 Å². The lowest BCUT2D eigenvalue weighted by Gasteiger charge is -2.39. The van der Waals surface area contributed by atoms with Crippen molar-refractivity contribution in [2.45, 2.75) is 10.9 Å². The predicted octanol–water partition coefficient (Wildman–Crippen LogP) is 2.65. The monoisotopic (exact) mass is 514 g/mol.